The summed E-state index contributed by atoms with van der Waals surface area (Å²) < 4.78 is 37.5. The molecule has 4 heteroatoms. The van der Waals surface area contributed by atoms with Crippen molar-refractivity contribution >= 4 is 6.08 Å². The molecule has 1 aromatic carbocycles. The first-order valence-corrected chi connectivity index (χ1v) is 3.57. The van der Waals surface area contributed by atoms with Gasteiger partial charge in [0.1, 0.15) is 0 Å². The molecular formula is C9H7F3O. The minimum absolute atomic E-state index is 0.172. The van der Waals surface area contributed by atoms with Gasteiger partial charge in [0.05, 0.1) is 6.61 Å². The SMILES string of the molecule is OC/C=C/c1cc(F)c(F)c(F)c1. The van der Waals surface area contributed by atoms with E-state index in [0.29, 0.717) is 0 Å². The van der Waals surface area contributed by atoms with Crippen molar-refractivity contribution in [1.29, 1.82) is 0 Å². The van der Waals surface area contributed by atoms with Crippen LogP contribution in [0, 0.1) is 17.5 Å². The molecule has 1 N–H and O–H groups in total. The summed E-state index contributed by atoms with van der Waals surface area (Å²) in [6, 6.07) is 1.70. The molecule has 0 bridgehead atoms. The third kappa shape index (κ3) is 2.32. The summed E-state index contributed by atoms with van der Waals surface area (Å²) in [6.45, 7) is -0.236. The molecule has 0 atom stereocenters. The van der Waals surface area contributed by atoms with Gasteiger partial charge in [-0.05, 0) is 17.7 Å². The molecule has 0 aromatic heterocycles. The highest BCUT2D eigenvalue weighted by atomic mass is 19.2. The minimum Gasteiger partial charge on any atom is -0.392 e. The Hall–Kier alpha value is -1.29. The third-order valence-electron chi connectivity index (χ3n) is 1.42. The van der Waals surface area contributed by atoms with Gasteiger partial charge in [0.15, 0.2) is 17.5 Å². The van der Waals surface area contributed by atoms with Crippen LogP contribution in [0.25, 0.3) is 6.08 Å². The second kappa shape index (κ2) is 4.09. The Bertz CT molecular complexity index is 311. The Morgan fingerprint density at radius 3 is 2.15 bits per heavy atom. The topological polar surface area (TPSA) is 20.2 Å². The molecule has 1 rings (SSSR count). The first-order chi connectivity index (χ1) is 6.15. The van der Waals surface area contributed by atoms with Gasteiger partial charge in [-0.1, -0.05) is 12.2 Å². The Labute approximate surface area is 73.1 Å². The molecule has 0 aliphatic heterocycles. The van der Waals surface area contributed by atoms with E-state index in [9.17, 15) is 13.2 Å². The molecule has 0 amide bonds. The molecule has 70 valence electrons. The van der Waals surface area contributed by atoms with Gasteiger partial charge in [0.2, 0.25) is 0 Å². The zero-order valence-electron chi connectivity index (χ0n) is 6.60. The lowest BCUT2D eigenvalue weighted by Crippen LogP contribution is -1.91. The van der Waals surface area contributed by atoms with E-state index in [1.807, 2.05) is 0 Å². The molecule has 0 unspecified atom stereocenters. The van der Waals surface area contributed by atoms with Crippen molar-refractivity contribution in [3.63, 3.8) is 0 Å². The number of rotatable bonds is 2. The van der Waals surface area contributed by atoms with Crippen molar-refractivity contribution < 1.29 is 18.3 Å². The van der Waals surface area contributed by atoms with Crippen LogP contribution in [0.3, 0.4) is 0 Å². The van der Waals surface area contributed by atoms with E-state index >= 15 is 0 Å². The van der Waals surface area contributed by atoms with E-state index < -0.39 is 17.5 Å². The number of hydrogen-bond acceptors (Lipinski definition) is 1. The lowest BCUT2D eigenvalue weighted by molar-refractivity contribution is 0.343. The van der Waals surface area contributed by atoms with Gasteiger partial charge in [-0.25, -0.2) is 13.2 Å². The van der Waals surface area contributed by atoms with Gasteiger partial charge in [0, 0.05) is 0 Å². The smallest absolute Gasteiger partial charge is 0.194 e. The van der Waals surface area contributed by atoms with Crippen LogP contribution in [-0.2, 0) is 0 Å². The molecule has 0 aliphatic rings. The molecule has 1 nitrogen and oxygen atoms in total. The standard InChI is InChI=1S/C9H7F3O/c10-7-4-6(2-1-3-13)5-8(11)9(7)12/h1-2,4-5,13H,3H2/b2-1+. The lowest BCUT2D eigenvalue weighted by Gasteiger charge is -1.97. The lowest BCUT2D eigenvalue weighted by atomic mass is 10.2. The largest absolute Gasteiger partial charge is 0.392 e. The highest BCUT2D eigenvalue weighted by molar-refractivity contribution is 5.49. The second-order valence-corrected chi connectivity index (χ2v) is 2.38. The third-order valence-corrected chi connectivity index (χ3v) is 1.42. The summed E-state index contributed by atoms with van der Waals surface area (Å²) in [5.41, 5.74) is 0.172. The summed E-state index contributed by atoms with van der Waals surface area (Å²) in [5.74, 6) is -3.96. The summed E-state index contributed by atoms with van der Waals surface area (Å²) in [6.07, 6.45) is 2.59. The first-order valence-electron chi connectivity index (χ1n) is 3.57. The summed E-state index contributed by atoms with van der Waals surface area (Å²) in [7, 11) is 0. The van der Waals surface area contributed by atoms with Gasteiger partial charge in [-0.2, -0.15) is 0 Å². The summed E-state index contributed by atoms with van der Waals surface area (Å²) in [4.78, 5) is 0. The fraction of sp³-hybridized carbons (Fsp3) is 0.111. The summed E-state index contributed by atoms with van der Waals surface area (Å²) in [5, 5.41) is 8.37. The van der Waals surface area contributed by atoms with E-state index in [1.165, 1.54) is 12.2 Å². The minimum atomic E-state index is -1.49. The maximum atomic E-state index is 12.6. The molecule has 0 spiro atoms. The highest BCUT2D eigenvalue weighted by Gasteiger charge is 2.08. The van der Waals surface area contributed by atoms with Crippen LogP contribution in [0.4, 0.5) is 13.2 Å². The predicted molar refractivity (Wildman–Crippen MR) is 42.4 cm³/mol. The highest BCUT2D eigenvalue weighted by Crippen LogP contribution is 2.14. The van der Waals surface area contributed by atoms with Crippen LogP contribution in [0.15, 0.2) is 18.2 Å². The maximum Gasteiger partial charge on any atom is 0.194 e. The molecule has 13 heavy (non-hydrogen) atoms. The zero-order valence-corrected chi connectivity index (χ0v) is 6.60. The molecule has 0 fully saturated rings. The maximum absolute atomic E-state index is 12.6. The molecule has 0 radical (unpaired) electrons. The Morgan fingerprint density at radius 1 is 1.15 bits per heavy atom. The van der Waals surface area contributed by atoms with Gasteiger partial charge in [0.25, 0.3) is 0 Å². The molecular weight excluding hydrogens is 181 g/mol. The first kappa shape index (κ1) is 9.80. The van der Waals surface area contributed by atoms with E-state index in [1.54, 1.807) is 0 Å². The quantitative estimate of drug-likeness (QED) is 0.704. The number of aliphatic hydroxyl groups excluding tert-OH is 1. The van der Waals surface area contributed by atoms with Crippen LogP contribution in [0.2, 0.25) is 0 Å². The molecule has 0 heterocycles. The predicted octanol–water partition coefficient (Wildman–Crippen LogP) is 2.11. The van der Waals surface area contributed by atoms with Crippen molar-refractivity contribution in [2.45, 2.75) is 0 Å². The summed E-state index contributed by atoms with van der Waals surface area (Å²) >= 11 is 0. The second-order valence-electron chi connectivity index (χ2n) is 2.38. The average molecular weight is 188 g/mol. The van der Waals surface area contributed by atoms with Gasteiger partial charge < -0.3 is 5.11 Å². The average Bonchev–Trinajstić information content (AvgIpc) is 2.10. The van der Waals surface area contributed by atoms with E-state index in [0.717, 1.165) is 12.1 Å². The monoisotopic (exact) mass is 188 g/mol. The number of benzene rings is 1. The van der Waals surface area contributed by atoms with E-state index in [2.05, 4.69) is 0 Å². The van der Waals surface area contributed by atoms with Crippen LogP contribution in [-0.4, -0.2) is 11.7 Å². The molecule has 0 saturated carbocycles. The van der Waals surface area contributed by atoms with Crippen molar-refractivity contribution in [2.24, 2.45) is 0 Å². The van der Waals surface area contributed by atoms with Crippen molar-refractivity contribution in [1.82, 2.24) is 0 Å². The normalized spacial score (nSPS) is 11.1. The van der Waals surface area contributed by atoms with Crippen molar-refractivity contribution in [3.05, 3.63) is 41.2 Å². The van der Waals surface area contributed by atoms with Crippen LogP contribution in [0.5, 0.6) is 0 Å². The zero-order chi connectivity index (χ0) is 9.84. The molecule has 1 aromatic rings. The van der Waals surface area contributed by atoms with Crippen LogP contribution >= 0.6 is 0 Å². The van der Waals surface area contributed by atoms with Gasteiger partial charge in [-0.3, -0.25) is 0 Å². The van der Waals surface area contributed by atoms with Crippen molar-refractivity contribution in [3.8, 4) is 0 Å². The Balaban J connectivity index is 3.06. The fourth-order valence-corrected chi connectivity index (χ4v) is 0.860. The Morgan fingerprint density at radius 2 is 1.69 bits per heavy atom. The van der Waals surface area contributed by atoms with Gasteiger partial charge in [-0.15, -0.1) is 0 Å². The Kier molecular flexibility index (Phi) is 3.08. The van der Waals surface area contributed by atoms with E-state index in [-0.39, 0.29) is 12.2 Å². The molecule has 0 saturated heterocycles. The van der Waals surface area contributed by atoms with Crippen molar-refractivity contribution in [2.75, 3.05) is 6.61 Å². The number of aliphatic hydroxyl groups is 1. The molecule has 0 aliphatic carbocycles. The number of hydrogen-bond donors (Lipinski definition) is 1. The van der Waals surface area contributed by atoms with Gasteiger partial charge >= 0.3 is 0 Å². The number of halogens is 3. The van der Waals surface area contributed by atoms with Crippen LogP contribution < -0.4 is 0 Å². The van der Waals surface area contributed by atoms with Crippen LogP contribution in [0.1, 0.15) is 5.56 Å². The van der Waals surface area contributed by atoms with E-state index in [4.69, 9.17) is 5.11 Å². The fourth-order valence-electron chi connectivity index (χ4n) is 0.860.